The van der Waals surface area contributed by atoms with Crippen molar-refractivity contribution >= 4 is 28.4 Å². The van der Waals surface area contributed by atoms with Gasteiger partial charge in [-0.15, -0.1) is 0 Å². The molecule has 16 heavy (non-hydrogen) atoms. The van der Waals surface area contributed by atoms with E-state index in [1.807, 2.05) is 11.0 Å². The fraction of sp³-hybridized carbons (Fsp3) is 0.643. The molecule has 0 aromatic carbocycles. The topological polar surface area (TPSA) is 17.1 Å². The van der Waals surface area contributed by atoms with Crippen LogP contribution in [0, 0.1) is 17.3 Å². The summed E-state index contributed by atoms with van der Waals surface area (Å²) in [5.74, 6) is 1.36. The lowest BCUT2D eigenvalue weighted by Gasteiger charge is -2.41. The SMILES string of the molecule is CC1=CC[C@@H](C(C)C)[C@](C)(C/C=C\I)C1=O. The van der Waals surface area contributed by atoms with Crippen LogP contribution in [0.1, 0.15) is 40.5 Å². The van der Waals surface area contributed by atoms with Gasteiger partial charge in [-0.05, 0) is 41.3 Å². The fourth-order valence-corrected chi connectivity index (χ4v) is 3.07. The number of carbonyl (C=O) groups excluding carboxylic acids is 1. The third-order valence-electron chi connectivity index (χ3n) is 3.81. The summed E-state index contributed by atoms with van der Waals surface area (Å²) in [6.07, 6.45) is 6.14. The largest absolute Gasteiger partial charge is 0.294 e. The molecule has 0 radical (unpaired) electrons. The van der Waals surface area contributed by atoms with Crippen LogP contribution in [0.2, 0.25) is 0 Å². The summed E-state index contributed by atoms with van der Waals surface area (Å²) < 4.78 is 2.02. The Labute approximate surface area is 113 Å². The number of halogens is 1. The van der Waals surface area contributed by atoms with E-state index in [2.05, 4.69) is 55.5 Å². The molecule has 0 aromatic rings. The van der Waals surface area contributed by atoms with Gasteiger partial charge >= 0.3 is 0 Å². The number of Topliss-reactive ketones (excluding diaryl/α,β-unsaturated/α-hetero) is 1. The van der Waals surface area contributed by atoms with E-state index in [0.717, 1.165) is 18.4 Å². The number of allylic oxidation sites excluding steroid dienone is 3. The Kier molecular flexibility index (Phi) is 4.77. The van der Waals surface area contributed by atoms with Crippen molar-refractivity contribution < 1.29 is 4.79 Å². The Bertz CT molecular complexity index is 328. The van der Waals surface area contributed by atoms with Crippen LogP contribution in [-0.2, 0) is 4.79 Å². The lowest BCUT2D eigenvalue weighted by Crippen LogP contribution is -2.41. The molecule has 0 aromatic heterocycles. The van der Waals surface area contributed by atoms with Crippen LogP contribution in [0.25, 0.3) is 0 Å². The molecule has 0 spiro atoms. The predicted octanol–water partition coefficient (Wildman–Crippen LogP) is 4.52. The average Bonchev–Trinajstić information content (AvgIpc) is 2.23. The minimum atomic E-state index is -0.200. The molecule has 0 saturated heterocycles. The summed E-state index contributed by atoms with van der Waals surface area (Å²) in [7, 11) is 0. The zero-order valence-corrected chi connectivity index (χ0v) is 12.7. The first-order valence-corrected chi connectivity index (χ1v) is 7.14. The van der Waals surface area contributed by atoms with Gasteiger partial charge in [0.05, 0.1) is 0 Å². The van der Waals surface area contributed by atoms with Crippen molar-refractivity contribution in [3.63, 3.8) is 0 Å². The molecule has 1 aliphatic rings. The van der Waals surface area contributed by atoms with E-state index >= 15 is 0 Å². The van der Waals surface area contributed by atoms with Crippen LogP contribution in [-0.4, -0.2) is 5.78 Å². The normalized spacial score (nSPS) is 31.2. The highest BCUT2D eigenvalue weighted by molar-refractivity contribution is 14.1. The van der Waals surface area contributed by atoms with Gasteiger partial charge in [-0.1, -0.05) is 55.5 Å². The highest BCUT2D eigenvalue weighted by atomic mass is 127. The Morgan fingerprint density at radius 1 is 1.62 bits per heavy atom. The second-order valence-corrected chi connectivity index (χ2v) is 6.00. The van der Waals surface area contributed by atoms with Crippen LogP contribution in [0.5, 0.6) is 0 Å². The molecule has 0 bridgehead atoms. The third kappa shape index (κ3) is 2.58. The van der Waals surface area contributed by atoms with Crippen LogP contribution in [0.15, 0.2) is 21.8 Å². The summed E-state index contributed by atoms with van der Waals surface area (Å²) in [6.45, 7) is 8.52. The molecule has 0 N–H and O–H groups in total. The smallest absolute Gasteiger partial charge is 0.164 e. The van der Waals surface area contributed by atoms with Crippen LogP contribution in [0.3, 0.4) is 0 Å². The minimum absolute atomic E-state index is 0.200. The second-order valence-electron chi connectivity index (χ2n) is 5.29. The summed E-state index contributed by atoms with van der Waals surface area (Å²) in [4.78, 5) is 12.4. The molecule has 0 unspecified atom stereocenters. The molecular weight excluding hydrogens is 311 g/mol. The molecule has 0 aliphatic heterocycles. The zero-order valence-electron chi connectivity index (χ0n) is 10.6. The molecule has 0 amide bonds. The van der Waals surface area contributed by atoms with E-state index < -0.39 is 0 Å². The minimum Gasteiger partial charge on any atom is -0.294 e. The van der Waals surface area contributed by atoms with Gasteiger partial charge in [0.1, 0.15) is 0 Å². The van der Waals surface area contributed by atoms with Crippen molar-refractivity contribution in [3.05, 3.63) is 21.8 Å². The first-order chi connectivity index (χ1) is 7.43. The lowest BCUT2D eigenvalue weighted by atomic mass is 9.61. The molecular formula is C14H21IO. The van der Waals surface area contributed by atoms with Crippen molar-refractivity contribution in [2.75, 3.05) is 0 Å². The van der Waals surface area contributed by atoms with E-state index in [4.69, 9.17) is 0 Å². The fourth-order valence-electron chi connectivity index (χ4n) is 2.82. The second kappa shape index (κ2) is 5.48. The number of rotatable bonds is 3. The van der Waals surface area contributed by atoms with Crippen LogP contribution >= 0.6 is 22.6 Å². The van der Waals surface area contributed by atoms with Gasteiger partial charge in [0, 0.05) is 5.41 Å². The van der Waals surface area contributed by atoms with Crippen LogP contribution < -0.4 is 0 Å². The molecule has 2 atom stereocenters. The number of hydrogen-bond donors (Lipinski definition) is 0. The molecule has 0 saturated carbocycles. The van der Waals surface area contributed by atoms with Crippen LogP contribution in [0.4, 0.5) is 0 Å². The molecule has 0 heterocycles. The van der Waals surface area contributed by atoms with Crippen molar-refractivity contribution in [3.8, 4) is 0 Å². The maximum absolute atomic E-state index is 12.4. The van der Waals surface area contributed by atoms with Gasteiger partial charge in [0.2, 0.25) is 0 Å². The summed E-state index contributed by atoms with van der Waals surface area (Å²) in [6, 6.07) is 0. The van der Waals surface area contributed by atoms with Crippen molar-refractivity contribution in [2.45, 2.75) is 40.5 Å². The Balaban J connectivity index is 3.06. The first kappa shape index (κ1) is 13.9. The molecule has 1 nitrogen and oxygen atoms in total. The number of hydrogen-bond acceptors (Lipinski definition) is 1. The number of carbonyl (C=O) groups is 1. The Morgan fingerprint density at radius 3 is 2.75 bits per heavy atom. The van der Waals surface area contributed by atoms with E-state index in [1.54, 1.807) is 0 Å². The Morgan fingerprint density at radius 2 is 2.25 bits per heavy atom. The Hall–Kier alpha value is -0.120. The molecule has 1 aliphatic carbocycles. The summed E-state index contributed by atoms with van der Waals surface area (Å²) in [5.41, 5.74) is 0.746. The van der Waals surface area contributed by atoms with Gasteiger partial charge in [0.15, 0.2) is 5.78 Å². The third-order valence-corrected chi connectivity index (χ3v) is 4.32. The molecule has 0 fully saturated rings. The zero-order chi connectivity index (χ0) is 12.3. The molecule has 90 valence electrons. The highest BCUT2D eigenvalue weighted by Crippen LogP contribution is 2.44. The van der Waals surface area contributed by atoms with E-state index in [0.29, 0.717) is 17.6 Å². The summed E-state index contributed by atoms with van der Waals surface area (Å²) in [5, 5.41) is 0. The monoisotopic (exact) mass is 332 g/mol. The van der Waals surface area contributed by atoms with Crippen molar-refractivity contribution in [2.24, 2.45) is 17.3 Å². The predicted molar refractivity (Wildman–Crippen MR) is 77.6 cm³/mol. The highest BCUT2D eigenvalue weighted by Gasteiger charge is 2.43. The van der Waals surface area contributed by atoms with E-state index in [-0.39, 0.29) is 5.41 Å². The molecule has 2 heteroatoms. The van der Waals surface area contributed by atoms with Gasteiger partial charge in [-0.25, -0.2) is 0 Å². The first-order valence-electron chi connectivity index (χ1n) is 5.90. The number of ketones is 1. The van der Waals surface area contributed by atoms with Gasteiger partial charge in [0.25, 0.3) is 0 Å². The quantitative estimate of drug-likeness (QED) is 0.695. The average molecular weight is 332 g/mol. The van der Waals surface area contributed by atoms with Gasteiger partial charge in [-0.3, -0.25) is 4.79 Å². The standard InChI is InChI=1S/C14H21IO/c1-10(2)12-7-6-11(3)13(16)14(12,4)8-5-9-15/h5-6,9-10,12H,7-8H2,1-4H3/b9-5-/t12-,14-/m0/s1. The van der Waals surface area contributed by atoms with Crippen molar-refractivity contribution in [1.82, 2.24) is 0 Å². The molecule has 1 rings (SSSR count). The van der Waals surface area contributed by atoms with E-state index in [9.17, 15) is 4.79 Å². The lowest BCUT2D eigenvalue weighted by molar-refractivity contribution is -0.128. The van der Waals surface area contributed by atoms with E-state index in [1.165, 1.54) is 0 Å². The summed E-state index contributed by atoms with van der Waals surface area (Å²) >= 11 is 2.22. The van der Waals surface area contributed by atoms with Gasteiger partial charge in [-0.2, -0.15) is 0 Å². The maximum atomic E-state index is 12.4. The van der Waals surface area contributed by atoms with Crippen molar-refractivity contribution in [1.29, 1.82) is 0 Å². The maximum Gasteiger partial charge on any atom is 0.164 e. The van der Waals surface area contributed by atoms with Gasteiger partial charge < -0.3 is 0 Å².